The third-order valence-corrected chi connectivity index (χ3v) is 2.67. The minimum atomic E-state index is 0.479. The van der Waals surface area contributed by atoms with Crippen molar-refractivity contribution in [3.05, 3.63) is 11.6 Å². The molecule has 2 heteroatoms. The Morgan fingerprint density at radius 2 is 2.50 bits per heavy atom. The first-order chi connectivity index (χ1) is 4.93. The molecule has 3 rings (SSSR count). The van der Waals surface area contributed by atoms with E-state index in [4.69, 9.17) is 4.84 Å². The van der Waals surface area contributed by atoms with Crippen LogP contribution in [0.2, 0.25) is 0 Å². The molecule has 54 valence electrons. The first-order valence-corrected chi connectivity index (χ1v) is 4.06. The van der Waals surface area contributed by atoms with Crippen molar-refractivity contribution in [2.45, 2.75) is 31.4 Å². The highest BCUT2D eigenvalue weighted by atomic mass is 16.7. The lowest BCUT2D eigenvalue weighted by Gasteiger charge is -2.20. The summed E-state index contributed by atoms with van der Waals surface area (Å²) in [5, 5.41) is 2.10. The lowest BCUT2D eigenvalue weighted by atomic mass is 9.92. The summed E-state index contributed by atoms with van der Waals surface area (Å²) in [7, 11) is 0. The fourth-order valence-electron chi connectivity index (χ4n) is 1.76. The second-order valence-corrected chi connectivity index (χ2v) is 3.40. The number of allylic oxidation sites excluding steroid dienone is 1. The van der Waals surface area contributed by atoms with E-state index in [1.165, 1.54) is 25.8 Å². The molecule has 0 aromatic carbocycles. The zero-order chi connectivity index (χ0) is 6.55. The summed E-state index contributed by atoms with van der Waals surface area (Å²) in [6.45, 7) is 1.18. The van der Waals surface area contributed by atoms with E-state index in [-0.39, 0.29) is 0 Å². The average molecular weight is 137 g/mol. The van der Waals surface area contributed by atoms with Crippen molar-refractivity contribution in [1.29, 1.82) is 0 Å². The van der Waals surface area contributed by atoms with Crippen LogP contribution in [0.25, 0.3) is 0 Å². The van der Waals surface area contributed by atoms with Gasteiger partial charge in [0.25, 0.3) is 0 Å². The van der Waals surface area contributed by atoms with Crippen LogP contribution < -0.4 is 0 Å². The van der Waals surface area contributed by atoms with Gasteiger partial charge in [0.15, 0.2) is 0 Å². The monoisotopic (exact) mass is 137 g/mol. The zero-order valence-electron chi connectivity index (χ0n) is 5.92. The molecule has 3 unspecified atom stereocenters. The van der Waals surface area contributed by atoms with Gasteiger partial charge in [0.05, 0.1) is 6.04 Å². The van der Waals surface area contributed by atoms with Crippen molar-refractivity contribution in [2.24, 2.45) is 0 Å². The number of fused-ring (bicyclic) bond motifs is 1. The Morgan fingerprint density at radius 1 is 1.60 bits per heavy atom. The molecule has 2 nitrogen and oxygen atoms in total. The first-order valence-electron chi connectivity index (χ1n) is 4.06. The van der Waals surface area contributed by atoms with Crippen LogP contribution in [0.5, 0.6) is 0 Å². The maximum absolute atomic E-state index is 5.60. The van der Waals surface area contributed by atoms with E-state index in [1.807, 2.05) is 0 Å². The first kappa shape index (κ1) is 5.33. The molecule has 3 aliphatic rings. The topological polar surface area (TPSA) is 12.2 Å². The quantitative estimate of drug-likeness (QED) is 0.396. The maximum atomic E-state index is 5.60. The van der Waals surface area contributed by atoms with Gasteiger partial charge >= 0.3 is 0 Å². The van der Waals surface area contributed by atoms with E-state index >= 15 is 0 Å². The van der Waals surface area contributed by atoms with Crippen LogP contribution in [0.3, 0.4) is 0 Å². The predicted octanol–water partition coefficient (Wildman–Crippen LogP) is 1.09. The third-order valence-electron chi connectivity index (χ3n) is 2.67. The molecule has 0 aromatic heterocycles. The lowest BCUT2D eigenvalue weighted by Crippen LogP contribution is -2.17. The second kappa shape index (κ2) is 1.63. The Kier molecular flexibility index (Phi) is 0.868. The van der Waals surface area contributed by atoms with Gasteiger partial charge in [-0.1, -0.05) is 6.08 Å². The molecule has 10 heavy (non-hydrogen) atoms. The number of hydroxylamine groups is 2. The third kappa shape index (κ3) is 0.607. The number of hydrogen-bond donors (Lipinski definition) is 0. The summed E-state index contributed by atoms with van der Waals surface area (Å²) in [5.41, 5.74) is 1.55. The van der Waals surface area contributed by atoms with Gasteiger partial charge in [0.2, 0.25) is 0 Å². The van der Waals surface area contributed by atoms with Gasteiger partial charge in [0, 0.05) is 6.54 Å². The van der Waals surface area contributed by atoms with Crippen molar-refractivity contribution in [2.75, 3.05) is 6.54 Å². The molecule has 2 saturated heterocycles. The summed E-state index contributed by atoms with van der Waals surface area (Å²) >= 11 is 0. The molecule has 1 aliphatic carbocycles. The molecule has 2 aliphatic heterocycles. The summed E-state index contributed by atoms with van der Waals surface area (Å²) in [4.78, 5) is 5.60. The molecule has 0 amide bonds. The summed E-state index contributed by atoms with van der Waals surface area (Å²) in [5.74, 6) is 0. The number of hydrogen-bond acceptors (Lipinski definition) is 2. The molecule has 3 atom stereocenters. The molecule has 0 spiro atoms. The lowest BCUT2D eigenvalue weighted by molar-refractivity contribution is -0.0707. The van der Waals surface area contributed by atoms with Gasteiger partial charge in [-0.15, -0.1) is 0 Å². The number of nitrogens with zero attached hydrogens (tertiary/aromatic N) is 1. The smallest absolute Gasteiger partial charge is 0.102 e. The zero-order valence-corrected chi connectivity index (χ0v) is 5.92. The van der Waals surface area contributed by atoms with Gasteiger partial charge in [0.1, 0.15) is 6.10 Å². The Bertz CT molecular complexity index is 189. The highest BCUT2D eigenvalue weighted by Gasteiger charge is 2.46. The van der Waals surface area contributed by atoms with E-state index in [0.717, 1.165) is 6.04 Å². The van der Waals surface area contributed by atoms with Crippen LogP contribution in [0.1, 0.15) is 19.3 Å². The normalized spacial score (nSPS) is 49.6. The van der Waals surface area contributed by atoms with E-state index in [1.54, 1.807) is 5.57 Å². The Balaban J connectivity index is 1.73. The van der Waals surface area contributed by atoms with Crippen molar-refractivity contribution in [3.63, 3.8) is 0 Å². The minimum absolute atomic E-state index is 0.479. The molecule has 0 aromatic rings. The Morgan fingerprint density at radius 3 is 3.00 bits per heavy atom. The number of rotatable bonds is 1. The molecule has 2 heterocycles. The van der Waals surface area contributed by atoms with Gasteiger partial charge < -0.3 is 0 Å². The summed E-state index contributed by atoms with van der Waals surface area (Å²) < 4.78 is 0. The molecule has 0 bridgehead atoms. The summed E-state index contributed by atoms with van der Waals surface area (Å²) in [6.07, 6.45) is 6.61. The second-order valence-electron chi connectivity index (χ2n) is 3.40. The van der Waals surface area contributed by atoms with Crippen LogP contribution in [0.4, 0.5) is 0 Å². The van der Waals surface area contributed by atoms with Crippen LogP contribution in [-0.2, 0) is 4.84 Å². The fourth-order valence-corrected chi connectivity index (χ4v) is 1.76. The molecule has 2 fully saturated rings. The standard InChI is InChI=1S/C8H11NO/c1-2-6(3-1)8-4-7-5-9(7)10-8/h2,7-8H,1,3-5H2. The Hall–Kier alpha value is -0.340. The highest BCUT2D eigenvalue weighted by molar-refractivity contribution is 5.20. The largest absolute Gasteiger partial charge is 0.291 e. The van der Waals surface area contributed by atoms with Crippen molar-refractivity contribution < 1.29 is 4.84 Å². The molecule has 0 saturated carbocycles. The van der Waals surface area contributed by atoms with Crippen LogP contribution >= 0.6 is 0 Å². The maximum Gasteiger partial charge on any atom is 0.102 e. The minimum Gasteiger partial charge on any atom is -0.291 e. The summed E-state index contributed by atoms with van der Waals surface area (Å²) in [6, 6.07) is 0.784. The van der Waals surface area contributed by atoms with E-state index in [2.05, 4.69) is 11.1 Å². The van der Waals surface area contributed by atoms with Crippen molar-refractivity contribution in [3.8, 4) is 0 Å². The molecular formula is C8H11NO. The van der Waals surface area contributed by atoms with Crippen molar-refractivity contribution >= 4 is 0 Å². The SMILES string of the molecule is C1=C(C2CC3CN3O2)CC1. The average Bonchev–Trinajstić information content (AvgIpc) is 2.36. The predicted molar refractivity (Wildman–Crippen MR) is 37.3 cm³/mol. The molecule has 0 radical (unpaired) electrons. The van der Waals surface area contributed by atoms with E-state index < -0.39 is 0 Å². The van der Waals surface area contributed by atoms with Gasteiger partial charge in [-0.3, -0.25) is 4.84 Å². The van der Waals surface area contributed by atoms with Gasteiger partial charge in [-0.2, -0.15) is 5.06 Å². The van der Waals surface area contributed by atoms with E-state index in [0.29, 0.717) is 6.10 Å². The van der Waals surface area contributed by atoms with Crippen LogP contribution in [0.15, 0.2) is 11.6 Å². The van der Waals surface area contributed by atoms with Gasteiger partial charge in [-0.25, -0.2) is 0 Å². The molecular weight excluding hydrogens is 126 g/mol. The van der Waals surface area contributed by atoms with Gasteiger partial charge in [-0.05, 0) is 24.8 Å². The Labute approximate surface area is 60.4 Å². The molecule has 0 N–H and O–H groups in total. The van der Waals surface area contributed by atoms with Crippen molar-refractivity contribution in [1.82, 2.24) is 5.06 Å². The fraction of sp³-hybridized carbons (Fsp3) is 0.750. The highest BCUT2D eigenvalue weighted by Crippen LogP contribution is 2.39. The van der Waals surface area contributed by atoms with Crippen LogP contribution in [-0.4, -0.2) is 23.8 Å². The van der Waals surface area contributed by atoms with E-state index in [9.17, 15) is 0 Å². The van der Waals surface area contributed by atoms with Crippen LogP contribution in [0, 0.1) is 0 Å².